The Morgan fingerprint density at radius 2 is 1.84 bits per heavy atom. The van der Waals surface area contributed by atoms with Crippen molar-refractivity contribution in [2.75, 3.05) is 13.1 Å². The highest BCUT2D eigenvalue weighted by molar-refractivity contribution is 5.63. The molecule has 2 aliphatic heterocycles. The lowest BCUT2D eigenvalue weighted by atomic mass is 9.80. The van der Waals surface area contributed by atoms with Crippen LogP contribution in [-0.4, -0.2) is 24.0 Å². The molecular formula is C25H23F2N3O. The van der Waals surface area contributed by atoms with Crippen LogP contribution in [0.25, 0.3) is 6.08 Å². The Morgan fingerprint density at radius 1 is 1.13 bits per heavy atom. The van der Waals surface area contributed by atoms with E-state index in [0.717, 1.165) is 11.1 Å². The summed E-state index contributed by atoms with van der Waals surface area (Å²) in [7, 11) is 0. The number of nitrogens with zero attached hydrogens (tertiary/aromatic N) is 2. The highest BCUT2D eigenvalue weighted by Crippen LogP contribution is 2.44. The molecule has 0 amide bonds. The van der Waals surface area contributed by atoms with E-state index < -0.39 is 5.92 Å². The van der Waals surface area contributed by atoms with Gasteiger partial charge in [0.1, 0.15) is 29.0 Å². The maximum absolute atomic E-state index is 14.0. The number of hydrogen-bond donors (Lipinski definition) is 1. The van der Waals surface area contributed by atoms with E-state index in [1.54, 1.807) is 18.2 Å². The van der Waals surface area contributed by atoms with Crippen LogP contribution in [0.5, 0.6) is 0 Å². The minimum absolute atomic E-state index is 0.0126. The molecule has 0 aromatic heterocycles. The molecule has 4 rings (SSSR count). The summed E-state index contributed by atoms with van der Waals surface area (Å²) in [5.74, 6) is -0.630. The summed E-state index contributed by atoms with van der Waals surface area (Å²) in [4.78, 5) is 2.23. The molecule has 1 atom stereocenters. The third-order valence-electron chi connectivity index (χ3n) is 5.67. The topological polar surface area (TPSA) is 62.3 Å². The summed E-state index contributed by atoms with van der Waals surface area (Å²) in [5, 5.41) is 9.81. The number of rotatable bonds is 3. The number of allylic oxidation sites excluding steroid dienone is 1. The van der Waals surface area contributed by atoms with Crippen LogP contribution in [-0.2, 0) is 4.74 Å². The van der Waals surface area contributed by atoms with Gasteiger partial charge < -0.3 is 10.5 Å². The van der Waals surface area contributed by atoms with E-state index in [4.69, 9.17) is 10.5 Å². The van der Waals surface area contributed by atoms with Crippen LogP contribution >= 0.6 is 0 Å². The predicted molar refractivity (Wildman–Crippen MR) is 115 cm³/mol. The van der Waals surface area contributed by atoms with Crippen LogP contribution in [0.4, 0.5) is 8.78 Å². The van der Waals surface area contributed by atoms with Crippen molar-refractivity contribution >= 4 is 6.08 Å². The van der Waals surface area contributed by atoms with Gasteiger partial charge >= 0.3 is 0 Å². The molecule has 6 heteroatoms. The van der Waals surface area contributed by atoms with Crippen LogP contribution in [0.2, 0.25) is 0 Å². The van der Waals surface area contributed by atoms with Crippen LogP contribution in [0.15, 0.2) is 76.9 Å². The smallest absolute Gasteiger partial charge is 0.205 e. The molecular weight excluding hydrogens is 396 g/mol. The zero-order chi connectivity index (χ0) is 22.1. The number of halogens is 2. The Balaban J connectivity index is 1.90. The van der Waals surface area contributed by atoms with Gasteiger partial charge in [-0.3, -0.25) is 4.90 Å². The second-order valence-electron chi connectivity index (χ2n) is 8.06. The molecule has 158 valence electrons. The highest BCUT2D eigenvalue weighted by atomic mass is 19.1. The first kappa shape index (κ1) is 20.8. The number of nitrogens with two attached hydrogens (primary N) is 1. The minimum atomic E-state index is -0.512. The van der Waals surface area contributed by atoms with Crippen molar-refractivity contribution < 1.29 is 13.5 Å². The van der Waals surface area contributed by atoms with Gasteiger partial charge in [0.05, 0.1) is 5.92 Å². The third kappa shape index (κ3) is 4.10. The molecule has 1 unspecified atom stereocenters. The lowest BCUT2D eigenvalue weighted by molar-refractivity contribution is 0.208. The van der Waals surface area contributed by atoms with Gasteiger partial charge in [-0.25, -0.2) is 8.78 Å². The second-order valence-corrected chi connectivity index (χ2v) is 8.06. The van der Waals surface area contributed by atoms with E-state index in [0.29, 0.717) is 30.0 Å². The van der Waals surface area contributed by atoms with Crippen molar-refractivity contribution in [1.29, 1.82) is 5.26 Å². The van der Waals surface area contributed by atoms with Gasteiger partial charge in [-0.05, 0) is 60.9 Å². The summed E-state index contributed by atoms with van der Waals surface area (Å²) in [6.45, 7) is 5.30. The van der Waals surface area contributed by atoms with Crippen molar-refractivity contribution in [2.45, 2.75) is 25.8 Å². The summed E-state index contributed by atoms with van der Waals surface area (Å²) >= 11 is 0. The van der Waals surface area contributed by atoms with Gasteiger partial charge in [-0.1, -0.05) is 24.3 Å². The molecule has 31 heavy (non-hydrogen) atoms. The Morgan fingerprint density at radius 3 is 2.48 bits per heavy atom. The molecule has 0 bridgehead atoms. The van der Waals surface area contributed by atoms with Gasteiger partial charge in [-0.15, -0.1) is 0 Å². The summed E-state index contributed by atoms with van der Waals surface area (Å²) in [5.41, 5.74) is 9.43. The number of benzene rings is 2. The molecule has 2 aliphatic rings. The maximum atomic E-state index is 14.0. The minimum Gasteiger partial charge on any atom is -0.440 e. The fourth-order valence-electron chi connectivity index (χ4n) is 4.13. The molecule has 0 aliphatic carbocycles. The number of ether oxygens (including phenoxy) is 1. The Bertz CT molecular complexity index is 1160. The van der Waals surface area contributed by atoms with E-state index in [1.807, 2.05) is 12.1 Å². The van der Waals surface area contributed by atoms with E-state index in [1.165, 1.54) is 24.3 Å². The molecule has 0 saturated heterocycles. The average molecular weight is 419 g/mol. The van der Waals surface area contributed by atoms with Gasteiger partial charge in [0.2, 0.25) is 5.88 Å². The normalized spacial score (nSPS) is 20.6. The Hall–Kier alpha value is -3.43. The van der Waals surface area contributed by atoms with E-state index in [2.05, 4.69) is 24.8 Å². The largest absolute Gasteiger partial charge is 0.440 e. The maximum Gasteiger partial charge on any atom is 0.205 e. The molecule has 2 heterocycles. The fourth-order valence-corrected chi connectivity index (χ4v) is 4.13. The Kier molecular flexibility index (Phi) is 5.62. The first-order valence-corrected chi connectivity index (χ1v) is 10.1. The zero-order valence-electron chi connectivity index (χ0n) is 17.4. The third-order valence-corrected chi connectivity index (χ3v) is 5.67. The van der Waals surface area contributed by atoms with Gasteiger partial charge in [0.25, 0.3) is 0 Å². The standard InChI is InChI=1S/C25H23F2N3O/c1-15(2)30-13-18(9-16-5-3-7-19(26)10-16)24-22(14-30)23(21(12-28)25(29)31-24)17-6-4-8-20(27)11-17/h3-11,15,23H,13-14,29H2,1-2H3/b18-9+. The molecule has 2 aromatic carbocycles. The van der Waals surface area contributed by atoms with Crippen LogP contribution < -0.4 is 5.73 Å². The van der Waals surface area contributed by atoms with Crippen LogP contribution in [0.3, 0.4) is 0 Å². The van der Waals surface area contributed by atoms with Crippen molar-refractivity contribution in [1.82, 2.24) is 4.90 Å². The molecule has 2 N–H and O–H groups in total. The van der Waals surface area contributed by atoms with E-state index in [9.17, 15) is 14.0 Å². The van der Waals surface area contributed by atoms with Crippen molar-refractivity contribution in [3.8, 4) is 6.07 Å². The molecule has 0 radical (unpaired) electrons. The lowest BCUT2D eigenvalue weighted by Crippen LogP contribution is -2.41. The number of nitriles is 1. The van der Waals surface area contributed by atoms with E-state index >= 15 is 0 Å². The van der Waals surface area contributed by atoms with E-state index in [-0.39, 0.29) is 29.1 Å². The fraction of sp³-hybridized carbons (Fsp3) is 0.240. The predicted octanol–water partition coefficient (Wildman–Crippen LogP) is 4.83. The molecule has 0 spiro atoms. The zero-order valence-corrected chi connectivity index (χ0v) is 17.4. The lowest BCUT2D eigenvalue weighted by Gasteiger charge is -2.39. The molecule has 0 fully saturated rings. The molecule has 2 aromatic rings. The number of hydrogen-bond acceptors (Lipinski definition) is 4. The Labute approximate surface area is 180 Å². The van der Waals surface area contributed by atoms with Crippen molar-refractivity contribution in [3.05, 3.63) is 99.7 Å². The highest BCUT2D eigenvalue weighted by Gasteiger charge is 2.38. The monoisotopic (exact) mass is 419 g/mol. The van der Waals surface area contributed by atoms with Crippen molar-refractivity contribution in [3.63, 3.8) is 0 Å². The van der Waals surface area contributed by atoms with Gasteiger partial charge in [0, 0.05) is 24.7 Å². The summed E-state index contributed by atoms with van der Waals surface area (Å²) in [6, 6.07) is 14.9. The summed E-state index contributed by atoms with van der Waals surface area (Å²) in [6.07, 6.45) is 1.88. The van der Waals surface area contributed by atoms with Crippen LogP contribution in [0, 0.1) is 23.0 Å². The molecule has 0 saturated carbocycles. The SMILES string of the molecule is CC(C)N1CC2=C(OC(N)=C(C#N)C2c2cccc(F)c2)/C(=C/c2cccc(F)c2)C1. The van der Waals surface area contributed by atoms with Crippen LogP contribution in [0.1, 0.15) is 30.9 Å². The molecule has 4 nitrogen and oxygen atoms in total. The van der Waals surface area contributed by atoms with Gasteiger partial charge in [-0.2, -0.15) is 5.26 Å². The first-order valence-electron chi connectivity index (χ1n) is 10.1. The first-order chi connectivity index (χ1) is 14.9. The average Bonchev–Trinajstić information content (AvgIpc) is 2.73. The quantitative estimate of drug-likeness (QED) is 0.774. The summed E-state index contributed by atoms with van der Waals surface area (Å²) < 4.78 is 33.8. The second kappa shape index (κ2) is 8.37. The van der Waals surface area contributed by atoms with Crippen molar-refractivity contribution in [2.24, 2.45) is 5.73 Å². The van der Waals surface area contributed by atoms with Gasteiger partial charge in [0.15, 0.2) is 0 Å².